The maximum absolute atomic E-state index is 12.1. The Balaban J connectivity index is 1.82. The number of carbonyl (C=O) groups excluding carboxylic acids is 2. The molecule has 0 aromatic rings. The summed E-state index contributed by atoms with van der Waals surface area (Å²) < 4.78 is 0. The van der Waals surface area contributed by atoms with Crippen molar-refractivity contribution < 1.29 is 9.59 Å². The van der Waals surface area contributed by atoms with Crippen molar-refractivity contribution in [3.05, 3.63) is 0 Å². The van der Waals surface area contributed by atoms with Crippen molar-refractivity contribution >= 4 is 11.8 Å². The van der Waals surface area contributed by atoms with E-state index in [2.05, 4.69) is 17.3 Å². The molecule has 1 N–H and O–H groups in total. The Morgan fingerprint density at radius 2 is 1.95 bits per heavy atom. The van der Waals surface area contributed by atoms with Gasteiger partial charge in [-0.15, -0.1) is 0 Å². The summed E-state index contributed by atoms with van der Waals surface area (Å²) in [5.74, 6) is -0.221. The Hall–Kier alpha value is -1.14. The van der Waals surface area contributed by atoms with Crippen molar-refractivity contribution in [1.82, 2.24) is 20.0 Å². The van der Waals surface area contributed by atoms with Crippen LogP contribution in [0, 0.1) is 5.92 Å². The molecule has 6 nitrogen and oxygen atoms in total. The molecule has 2 rings (SSSR count). The Kier molecular flexibility index (Phi) is 4.76. The Labute approximate surface area is 114 Å². The van der Waals surface area contributed by atoms with E-state index in [9.17, 15) is 9.59 Å². The number of carbonyl (C=O) groups is 2. The van der Waals surface area contributed by atoms with Crippen LogP contribution in [0.25, 0.3) is 0 Å². The van der Waals surface area contributed by atoms with Crippen LogP contribution in [0.1, 0.15) is 6.42 Å². The minimum Gasteiger partial charge on any atom is -0.337 e. The van der Waals surface area contributed by atoms with E-state index in [0.717, 1.165) is 32.6 Å². The van der Waals surface area contributed by atoms with Gasteiger partial charge < -0.3 is 20.0 Å². The third-order valence-corrected chi connectivity index (χ3v) is 3.95. The second kappa shape index (κ2) is 6.34. The highest BCUT2D eigenvalue weighted by atomic mass is 16.2. The van der Waals surface area contributed by atoms with Gasteiger partial charge in [0.05, 0.1) is 0 Å². The monoisotopic (exact) mass is 268 g/mol. The Morgan fingerprint density at radius 1 is 1.26 bits per heavy atom. The summed E-state index contributed by atoms with van der Waals surface area (Å²) in [5, 5.41) is 3.18. The van der Waals surface area contributed by atoms with Crippen LogP contribution >= 0.6 is 0 Å². The molecule has 19 heavy (non-hydrogen) atoms. The fraction of sp³-hybridized carbons (Fsp3) is 0.846. The van der Waals surface area contributed by atoms with Crippen LogP contribution < -0.4 is 5.32 Å². The molecule has 1 atom stereocenters. The first-order chi connectivity index (χ1) is 9.08. The molecule has 0 spiro atoms. The minimum atomic E-state index is -0.364. The lowest BCUT2D eigenvalue weighted by Gasteiger charge is -2.29. The van der Waals surface area contributed by atoms with E-state index in [1.165, 1.54) is 0 Å². The predicted octanol–water partition coefficient (Wildman–Crippen LogP) is -1.17. The molecular formula is C13H24N4O2. The first-order valence-corrected chi connectivity index (χ1v) is 7.01. The van der Waals surface area contributed by atoms with Crippen LogP contribution in [0.2, 0.25) is 0 Å². The van der Waals surface area contributed by atoms with Crippen molar-refractivity contribution in [2.45, 2.75) is 6.42 Å². The van der Waals surface area contributed by atoms with E-state index >= 15 is 0 Å². The number of hydrogen-bond acceptors (Lipinski definition) is 4. The molecule has 0 aromatic carbocycles. The lowest BCUT2D eigenvalue weighted by molar-refractivity contribution is -0.151. The quantitative estimate of drug-likeness (QED) is 0.641. The molecule has 0 saturated carbocycles. The lowest BCUT2D eigenvalue weighted by atomic mass is 10.1. The van der Waals surface area contributed by atoms with Gasteiger partial charge in [0.2, 0.25) is 0 Å². The lowest BCUT2D eigenvalue weighted by Crippen LogP contribution is -2.52. The highest BCUT2D eigenvalue weighted by Gasteiger charge is 2.28. The fourth-order valence-corrected chi connectivity index (χ4v) is 2.81. The van der Waals surface area contributed by atoms with Gasteiger partial charge in [-0.2, -0.15) is 0 Å². The van der Waals surface area contributed by atoms with Crippen LogP contribution in [-0.2, 0) is 9.59 Å². The van der Waals surface area contributed by atoms with Crippen LogP contribution in [0.3, 0.4) is 0 Å². The first kappa shape index (κ1) is 14.3. The summed E-state index contributed by atoms with van der Waals surface area (Å²) in [4.78, 5) is 29.7. The molecule has 2 fully saturated rings. The number of amides is 2. The molecule has 0 aromatic heterocycles. The third-order valence-electron chi connectivity index (χ3n) is 3.95. The van der Waals surface area contributed by atoms with Gasteiger partial charge in [-0.1, -0.05) is 0 Å². The molecule has 0 aliphatic carbocycles. The summed E-state index contributed by atoms with van der Waals surface area (Å²) in [6, 6.07) is 0. The highest BCUT2D eigenvalue weighted by Crippen LogP contribution is 2.15. The second-order valence-corrected chi connectivity index (χ2v) is 5.64. The molecular weight excluding hydrogens is 244 g/mol. The SMILES string of the molecule is CN1CCC(CN(C)C(=O)C(=O)N2CCNCC2)C1. The molecule has 1 unspecified atom stereocenters. The normalized spacial score (nSPS) is 24.5. The smallest absolute Gasteiger partial charge is 0.312 e. The van der Waals surface area contributed by atoms with E-state index in [-0.39, 0.29) is 11.8 Å². The zero-order valence-electron chi connectivity index (χ0n) is 11.9. The van der Waals surface area contributed by atoms with Gasteiger partial charge in [-0.3, -0.25) is 9.59 Å². The summed E-state index contributed by atoms with van der Waals surface area (Å²) in [6.07, 6.45) is 1.11. The molecule has 2 aliphatic rings. The van der Waals surface area contributed by atoms with Crippen molar-refractivity contribution in [2.75, 3.05) is 59.9 Å². The second-order valence-electron chi connectivity index (χ2n) is 5.64. The van der Waals surface area contributed by atoms with E-state index in [1.54, 1.807) is 16.8 Å². The van der Waals surface area contributed by atoms with Crippen molar-refractivity contribution in [2.24, 2.45) is 5.92 Å². The topological polar surface area (TPSA) is 55.9 Å². The summed E-state index contributed by atoms with van der Waals surface area (Å²) in [7, 11) is 3.83. The Morgan fingerprint density at radius 3 is 2.53 bits per heavy atom. The van der Waals surface area contributed by atoms with Gasteiger partial charge in [-0.25, -0.2) is 0 Å². The van der Waals surface area contributed by atoms with Crippen LogP contribution in [0.5, 0.6) is 0 Å². The third kappa shape index (κ3) is 3.67. The maximum Gasteiger partial charge on any atom is 0.312 e. The van der Waals surface area contributed by atoms with Crippen molar-refractivity contribution in [1.29, 1.82) is 0 Å². The minimum absolute atomic E-state index is 0.352. The molecule has 0 bridgehead atoms. The average Bonchev–Trinajstić information content (AvgIpc) is 2.83. The zero-order chi connectivity index (χ0) is 13.8. The summed E-state index contributed by atoms with van der Waals surface area (Å²) >= 11 is 0. The van der Waals surface area contributed by atoms with Gasteiger partial charge in [0.1, 0.15) is 0 Å². The standard InChI is InChI=1S/C13H24N4O2/c1-15-6-3-11(9-15)10-16(2)12(18)13(19)17-7-4-14-5-8-17/h11,14H,3-10H2,1-2H3. The molecule has 2 heterocycles. The van der Waals surface area contributed by atoms with Gasteiger partial charge in [0.25, 0.3) is 0 Å². The van der Waals surface area contributed by atoms with Gasteiger partial charge in [-0.05, 0) is 25.9 Å². The van der Waals surface area contributed by atoms with Gasteiger partial charge >= 0.3 is 11.8 Å². The summed E-state index contributed by atoms with van der Waals surface area (Å²) in [5.41, 5.74) is 0. The van der Waals surface area contributed by atoms with Crippen LogP contribution in [-0.4, -0.2) is 86.4 Å². The van der Waals surface area contributed by atoms with E-state index in [1.807, 2.05) is 0 Å². The van der Waals surface area contributed by atoms with E-state index in [0.29, 0.717) is 25.6 Å². The number of nitrogens with zero attached hydrogens (tertiary/aromatic N) is 3. The molecule has 6 heteroatoms. The number of likely N-dealkylation sites (tertiary alicyclic amines) is 1. The Bertz CT molecular complexity index is 342. The molecule has 2 saturated heterocycles. The summed E-state index contributed by atoms with van der Waals surface area (Å²) in [6.45, 7) is 5.58. The van der Waals surface area contributed by atoms with Crippen LogP contribution in [0.15, 0.2) is 0 Å². The van der Waals surface area contributed by atoms with Crippen LogP contribution in [0.4, 0.5) is 0 Å². The number of piperazine rings is 1. The van der Waals surface area contributed by atoms with E-state index < -0.39 is 0 Å². The predicted molar refractivity (Wildman–Crippen MR) is 72.7 cm³/mol. The van der Waals surface area contributed by atoms with Gasteiger partial charge in [0.15, 0.2) is 0 Å². The van der Waals surface area contributed by atoms with Crippen molar-refractivity contribution in [3.8, 4) is 0 Å². The molecule has 2 aliphatic heterocycles. The fourth-order valence-electron chi connectivity index (χ4n) is 2.81. The number of likely N-dealkylation sites (N-methyl/N-ethyl adjacent to an activating group) is 1. The molecule has 108 valence electrons. The first-order valence-electron chi connectivity index (χ1n) is 7.01. The number of rotatable bonds is 2. The number of nitrogens with one attached hydrogen (secondary N) is 1. The molecule has 2 amide bonds. The average molecular weight is 268 g/mol. The number of hydrogen-bond donors (Lipinski definition) is 1. The van der Waals surface area contributed by atoms with E-state index in [4.69, 9.17) is 0 Å². The zero-order valence-corrected chi connectivity index (χ0v) is 11.9. The molecule has 0 radical (unpaired) electrons. The highest BCUT2D eigenvalue weighted by molar-refractivity contribution is 6.34. The largest absolute Gasteiger partial charge is 0.337 e. The van der Waals surface area contributed by atoms with Crippen molar-refractivity contribution in [3.63, 3.8) is 0 Å². The van der Waals surface area contributed by atoms with Gasteiger partial charge in [0, 0.05) is 46.3 Å². The maximum atomic E-state index is 12.1.